The number of morpholine rings is 1. The van der Waals surface area contributed by atoms with Gasteiger partial charge in [-0.2, -0.15) is 0 Å². The molecule has 1 aliphatic rings. The van der Waals surface area contributed by atoms with Gasteiger partial charge in [0.2, 0.25) is 0 Å². The Morgan fingerprint density at radius 2 is 1.96 bits per heavy atom. The average molecular weight is 354 g/mol. The molecule has 1 saturated heterocycles. The quantitative estimate of drug-likeness (QED) is 0.831. The van der Waals surface area contributed by atoms with Crippen molar-refractivity contribution >= 4 is 5.91 Å². The number of para-hydroxylation sites is 1. The number of nitrogens with one attached hydrogen (secondary N) is 1. The number of hydrogen-bond acceptors (Lipinski definition) is 4. The molecule has 1 heterocycles. The molecule has 0 spiro atoms. The minimum atomic E-state index is -0.127. The Morgan fingerprint density at radius 1 is 1.19 bits per heavy atom. The molecule has 0 aliphatic carbocycles. The summed E-state index contributed by atoms with van der Waals surface area (Å²) in [5.74, 6) is 0.487. The first kappa shape index (κ1) is 18.4. The normalized spacial score (nSPS) is 17.7. The van der Waals surface area contributed by atoms with Crippen molar-refractivity contribution in [2.75, 3.05) is 32.8 Å². The average Bonchev–Trinajstić information content (AvgIpc) is 2.68. The van der Waals surface area contributed by atoms with Crippen LogP contribution in [0.2, 0.25) is 0 Å². The lowest BCUT2D eigenvalue weighted by molar-refractivity contribution is -0.0292. The highest BCUT2D eigenvalue weighted by atomic mass is 16.5. The van der Waals surface area contributed by atoms with Crippen LogP contribution < -0.4 is 10.1 Å². The predicted molar refractivity (Wildman–Crippen MR) is 101 cm³/mol. The molecule has 0 bridgehead atoms. The van der Waals surface area contributed by atoms with Crippen LogP contribution in [0.1, 0.15) is 22.8 Å². The van der Waals surface area contributed by atoms with Gasteiger partial charge in [-0.15, -0.1) is 0 Å². The van der Waals surface area contributed by atoms with Crippen LogP contribution in [0.25, 0.3) is 0 Å². The van der Waals surface area contributed by atoms with Crippen LogP contribution in [0, 0.1) is 0 Å². The molecule has 1 aliphatic heterocycles. The first-order chi connectivity index (χ1) is 12.8. The second-order valence-electron chi connectivity index (χ2n) is 6.35. The molecule has 0 aromatic heterocycles. The second-order valence-corrected chi connectivity index (χ2v) is 6.35. The number of amides is 1. The van der Waals surface area contributed by atoms with Gasteiger partial charge in [0.25, 0.3) is 5.91 Å². The Labute approximate surface area is 154 Å². The van der Waals surface area contributed by atoms with E-state index in [9.17, 15) is 4.79 Å². The topological polar surface area (TPSA) is 50.8 Å². The molecule has 0 saturated carbocycles. The third-order valence-electron chi connectivity index (χ3n) is 4.39. The third-order valence-corrected chi connectivity index (χ3v) is 4.39. The van der Waals surface area contributed by atoms with Gasteiger partial charge < -0.3 is 14.8 Å². The van der Waals surface area contributed by atoms with Gasteiger partial charge in [-0.25, -0.2) is 0 Å². The van der Waals surface area contributed by atoms with Gasteiger partial charge in [0.1, 0.15) is 5.75 Å². The lowest BCUT2D eigenvalue weighted by Gasteiger charge is -2.33. The first-order valence-electron chi connectivity index (χ1n) is 9.14. The molecule has 1 fully saturated rings. The van der Waals surface area contributed by atoms with E-state index in [4.69, 9.17) is 9.47 Å². The Kier molecular flexibility index (Phi) is 6.63. The van der Waals surface area contributed by atoms with Crippen LogP contribution in [0.3, 0.4) is 0 Å². The summed E-state index contributed by atoms with van der Waals surface area (Å²) in [7, 11) is 0. The number of hydrogen-bond donors (Lipinski definition) is 1. The Morgan fingerprint density at radius 3 is 2.77 bits per heavy atom. The molecule has 26 heavy (non-hydrogen) atoms. The highest BCUT2D eigenvalue weighted by Crippen LogP contribution is 2.18. The van der Waals surface area contributed by atoms with Crippen molar-refractivity contribution in [3.05, 3.63) is 65.7 Å². The maximum Gasteiger partial charge on any atom is 0.255 e. The van der Waals surface area contributed by atoms with Crippen molar-refractivity contribution in [1.29, 1.82) is 0 Å². The zero-order valence-electron chi connectivity index (χ0n) is 15.2. The summed E-state index contributed by atoms with van der Waals surface area (Å²) < 4.78 is 11.4. The van der Waals surface area contributed by atoms with Gasteiger partial charge in [0.05, 0.1) is 24.9 Å². The van der Waals surface area contributed by atoms with E-state index in [0.717, 1.165) is 19.6 Å². The maximum atomic E-state index is 12.5. The Hall–Kier alpha value is -2.37. The molecule has 138 valence electrons. The van der Waals surface area contributed by atoms with E-state index >= 15 is 0 Å². The van der Waals surface area contributed by atoms with Crippen LogP contribution in [-0.2, 0) is 11.3 Å². The fraction of sp³-hybridized carbons (Fsp3) is 0.381. The Bertz CT molecular complexity index is 705. The zero-order valence-corrected chi connectivity index (χ0v) is 15.2. The van der Waals surface area contributed by atoms with Crippen LogP contribution in [0.5, 0.6) is 5.75 Å². The number of rotatable bonds is 7. The highest BCUT2D eigenvalue weighted by Gasteiger charge is 2.22. The van der Waals surface area contributed by atoms with Crippen LogP contribution in [0.4, 0.5) is 0 Å². The van der Waals surface area contributed by atoms with Gasteiger partial charge in [0, 0.05) is 26.2 Å². The van der Waals surface area contributed by atoms with Gasteiger partial charge in [-0.3, -0.25) is 9.69 Å². The summed E-state index contributed by atoms with van der Waals surface area (Å²) in [6.45, 7) is 6.24. The van der Waals surface area contributed by atoms with Crippen molar-refractivity contribution in [1.82, 2.24) is 10.2 Å². The highest BCUT2D eigenvalue weighted by molar-refractivity contribution is 5.96. The smallest absolute Gasteiger partial charge is 0.255 e. The molecule has 1 N–H and O–H groups in total. The molecule has 3 rings (SSSR count). The van der Waals surface area contributed by atoms with Crippen molar-refractivity contribution < 1.29 is 14.3 Å². The van der Waals surface area contributed by atoms with Crippen molar-refractivity contribution in [2.45, 2.75) is 19.6 Å². The summed E-state index contributed by atoms with van der Waals surface area (Å²) in [5.41, 5.74) is 1.86. The third kappa shape index (κ3) is 5.07. The number of carbonyl (C=O) groups is 1. The van der Waals surface area contributed by atoms with Crippen molar-refractivity contribution in [3.8, 4) is 5.75 Å². The zero-order chi connectivity index (χ0) is 18.2. The van der Waals surface area contributed by atoms with E-state index < -0.39 is 0 Å². The molecule has 2 aromatic carbocycles. The van der Waals surface area contributed by atoms with E-state index in [2.05, 4.69) is 34.5 Å². The summed E-state index contributed by atoms with van der Waals surface area (Å²) in [5, 5.41) is 2.98. The molecule has 5 nitrogen and oxygen atoms in total. The number of ether oxygens (including phenoxy) is 2. The minimum Gasteiger partial charge on any atom is -0.493 e. The van der Waals surface area contributed by atoms with Gasteiger partial charge in [0.15, 0.2) is 0 Å². The van der Waals surface area contributed by atoms with Crippen LogP contribution >= 0.6 is 0 Å². The molecular formula is C21H26N2O3. The van der Waals surface area contributed by atoms with E-state index in [0.29, 0.717) is 31.1 Å². The monoisotopic (exact) mass is 354 g/mol. The van der Waals surface area contributed by atoms with E-state index in [1.54, 1.807) is 6.07 Å². The summed E-state index contributed by atoms with van der Waals surface area (Å²) in [4.78, 5) is 14.9. The van der Waals surface area contributed by atoms with Gasteiger partial charge >= 0.3 is 0 Å². The van der Waals surface area contributed by atoms with Crippen LogP contribution in [-0.4, -0.2) is 49.8 Å². The van der Waals surface area contributed by atoms with E-state index in [1.165, 1.54) is 5.56 Å². The van der Waals surface area contributed by atoms with Crippen molar-refractivity contribution in [2.24, 2.45) is 0 Å². The maximum absolute atomic E-state index is 12.5. The van der Waals surface area contributed by atoms with Crippen LogP contribution in [0.15, 0.2) is 54.6 Å². The molecular weight excluding hydrogens is 328 g/mol. The summed E-state index contributed by atoms with van der Waals surface area (Å²) >= 11 is 0. The lowest BCUT2D eigenvalue weighted by atomic mass is 10.1. The Balaban J connectivity index is 1.52. The first-order valence-corrected chi connectivity index (χ1v) is 9.14. The van der Waals surface area contributed by atoms with Gasteiger partial charge in [-0.05, 0) is 24.6 Å². The standard InChI is InChI=1S/C21H26N2O3/c1-2-25-20-11-7-6-10-19(20)21(24)22-14-18-16-23(12-13-26-18)15-17-8-4-3-5-9-17/h3-11,18H,2,12-16H2,1H3,(H,22,24). The lowest BCUT2D eigenvalue weighted by Crippen LogP contribution is -2.47. The van der Waals surface area contributed by atoms with Crippen molar-refractivity contribution in [3.63, 3.8) is 0 Å². The molecule has 1 amide bonds. The predicted octanol–water partition coefficient (Wildman–Crippen LogP) is 2.72. The summed E-state index contributed by atoms with van der Waals surface area (Å²) in [6, 6.07) is 17.7. The molecule has 2 aromatic rings. The molecule has 5 heteroatoms. The second kappa shape index (κ2) is 9.36. The summed E-state index contributed by atoms with van der Waals surface area (Å²) in [6.07, 6.45) is -0.00401. The molecule has 0 radical (unpaired) electrons. The SMILES string of the molecule is CCOc1ccccc1C(=O)NCC1CN(Cc2ccccc2)CCO1. The number of benzene rings is 2. The van der Waals surface area contributed by atoms with Gasteiger partial charge in [-0.1, -0.05) is 42.5 Å². The molecule has 1 atom stereocenters. The van der Waals surface area contributed by atoms with E-state index in [-0.39, 0.29) is 12.0 Å². The molecule has 1 unspecified atom stereocenters. The fourth-order valence-corrected chi connectivity index (χ4v) is 3.13. The number of carbonyl (C=O) groups excluding carboxylic acids is 1. The number of nitrogens with zero attached hydrogens (tertiary/aromatic N) is 1. The van der Waals surface area contributed by atoms with E-state index in [1.807, 2.05) is 31.2 Å². The largest absolute Gasteiger partial charge is 0.493 e. The fourth-order valence-electron chi connectivity index (χ4n) is 3.13. The minimum absolute atomic E-state index is 0.00401.